The van der Waals surface area contributed by atoms with Gasteiger partial charge in [-0.3, -0.25) is 9.36 Å². The molecule has 0 aliphatic carbocycles. The third-order valence-corrected chi connectivity index (χ3v) is 4.61. The minimum absolute atomic E-state index is 0.0265. The Bertz CT molecular complexity index is 1100. The standard InChI is InChI=1S/C23H19FN2O/c1-2-8-20(27)23-22(16-9-4-3-5-10-16)18-15-17(24)12-13-19(18)26(23)21-11-6-7-14-25-21/h3-7,9-15H,2,8H2,1H3. The van der Waals surface area contributed by atoms with E-state index in [1.165, 1.54) is 12.1 Å². The van der Waals surface area contributed by atoms with Gasteiger partial charge in [0, 0.05) is 23.6 Å². The third-order valence-electron chi connectivity index (χ3n) is 4.61. The lowest BCUT2D eigenvalue weighted by molar-refractivity contribution is 0.0976. The van der Waals surface area contributed by atoms with Crippen LogP contribution in [-0.2, 0) is 0 Å². The van der Waals surface area contributed by atoms with E-state index in [4.69, 9.17) is 0 Å². The van der Waals surface area contributed by atoms with E-state index in [-0.39, 0.29) is 11.6 Å². The summed E-state index contributed by atoms with van der Waals surface area (Å²) in [4.78, 5) is 17.6. The summed E-state index contributed by atoms with van der Waals surface area (Å²) in [6.07, 6.45) is 2.86. The summed E-state index contributed by atoms with van der Waals surface area (Å²) in [6.45, 7) is 1.98. The average molecular weight is 358 g/mol. The molecule has 0 bridgehead atoms. The number of hydrogen-bond donors (Lipinski definition) is 0. The van der Waals surface area contributed by atoms with Crippen LogP contribution in [0, 0.1) is 5.82 Å². The Morgan fingerprint density at radius 3 is 2.52 bits per heavy atom. The van der Waals surface area contributed by atoms with E-state index in [1.54, 1.807) is 12.3 Å². The highest BCUT2D eigenvalue weighted by Gasteiger charge is 2.25. The van der Waals surface area contributed by atoms with Gasteiger partial charge >= 0.3 is 0 Å². The minimum atomic E-state index is -0.327. The number of halogens is 1. The molecule has 2 heterocycles. The zero-order chi connectivity index (χ0) is 18.8. The van der Waals surface area contributed by atoms with E-state index in [0.29, 0.717) is 23.3 Å². The first-order chi connectivity index (χ1) is 13.2. The molecule has 27 heavy (non-hydrogen) atoms. The molecule has 4 rings (SSSR count). The van der Waals surface area contributed by atoms with Gasteiger partial charge in [0.25, 0.3) is 0 Å². The second-order valence-electron chi connectivity index (χ2n) is 6.45. The summed E-state index contributed by atoms with van der Waals surface area (Å²) < 4.78 is 16.0. The molecular formula is C23H19FN2O. The summed E-state index contributed by atoms with van der Waals surface area (Å²) in [7, 11) is 0. The van der Waals surface area contributed by atoms with Gasteiger partial charge in [-0.15, -0.1) is 0 Å². The summed E-state index contributed by atoms with van der Waals surface area (Å²) in [6, 6.07) is 19.9. The molecule has 134 valence electrons. The third kappa shape index (κ3) is 3.04. The van der Waals surface area contributed by atoms with Crippen molar-refractivity contribution in [2.75, 3.05) is 0 Å². The highest BCUT2D eigenvalue weighted by atomic mass is 19.1. The second-order valence-corrected chi connectivity index (χ2v) is 6.45. The predicted octanol–water partition coefficient (Wildman–Crippen LogP) is 5.81. The molecule has 0 amide bonds. The van der Waals surface area contributed by atoms with E-state index < -0.39 is 0 Å². The fourth-order valence-corrected chi connectivity index (χ4v) is 3.49. The highest BCUT2D eigenvalue weighted by molar-refractivity contribution is 6.11. The first-order valence-corrected chi connectivity index (χ1v) is 9.04. The normalized spacial score (nSPS) is 11.0. The van der Waals surface area contributed by atoms with Crippen LogP contribution in [0.25, 0.3) is 27.8 Å². The van der Waals surface area contributed by atoms with Gasteiger partial charge in [0.05, 0.1) is 11.2 Å². The van der Waals surface area contributed by atoms with Crippen LogP contribution in [0.2, 0.25) is 0 Å². The first-order valence-electron chi connectivity index (χ1n) is 9.04. The number of carbonyl (C=O) groups excluding carboxylic acids is 1. The summed E-state index contributed by atoms with van der Waals surface area (Å²) in [5.74, 6) is 0.349. The number of benzene rings is 2. The molecule has 0 fully saturated rings. The lowest BCUT2D eigenvalue weighted by Gasteiger charge is -2.11. The van der Waals surface area contributed by atoms with Crippen molar-refractivity contribution in [3.05, 3.63) is 84.4 Å². The van der Waals surface area contributed by atoms with E-state index in [9.17, 15) is 9.18 Å². The first kappa shape index (κ1) is 17.2. The maximum atomic E-state index is 14.1. The lowest BCUT2D eigenvalue weighted by atomic mass is 9.99. The Balaban J connectivity index is 2.15. The maximum Gasteiger partial charge on any atom is 0.180 e. The fraction of sp³-hybridized carbons (Fsp3) is 0.130. The van der Waals surface area contributed by atoms with Gasteiger partial charge in [0.1, 0.15) is 11.6 Å². The molecule has 4 aromatic rings. The highest BCUT2D eigenvalue weighted by Crippen LogP contribution is 2.37. The quantitative estimate of drug-likeness (QED) is 0.422. The van der Waals surface area contributed by atoms with E-state index >= 15 is 0 Å². The number of carbonyl (C=O) groups is 1. The van der Waals surface area contributed by atoms with Crippen LogP contribution in [0.5, 0.6) is 0 Å². The molecular weight excluding hydrogens is 339 g/mol. The SMILES string of the molecule is CCCC(=O)c1c(-c2ccccc2)c2cc(F)ccc2n1-c1ccccn1. The number of ketones is 1. The molecule has 0 aliphatic heterocycles. The summed E-state index contributed by atoms with van der Waals surface area (Å²) >= 11 is 0. The van der Waals surface area contributed by atoms with Gasteiger partial charge in [-0.2, -0.15) is 0 Å². The number of hydrogen-bond acceptors (Lipinski definition) is 2. The van der Waals surface area contributed by atoms with Crippen molar-refractivity contribution in [3.63, 3.8) is 0 Å². The molecule has 0 radical (unpaired) electrons. The van der Waals surface area contributed by atoms with Gasteiger partial charge < -0.3 is 0 Å². The van der Waals surface area contributed by atoms with Gasteiger partial charge in [0.2, 0.25) is 0 Å². The van der Waals surface area contributed by atoms with Crippen LogP contribution in [0.3, 0.4) is 0 Å². The lowest BCUT2D eigenvalue weighted by Crippen LogP contribution is -2.09. The smallest absolute Gasteiger partial charge is 0.180 e. The van der Waals surface area contributed by atoms with Gasteiger partial charge in [-0.05, 0) is 42.3 Å². The average Bonchev–Trinajstić information content (AvgIpc) is 3.04. The zero-order valence-electron chi connectivity index (χ0n) is 15.0. The van der Waals surface area contributed by atoms with Crippen molar-refractivity contribution >= 4 is 16.7 Å². The van der Waals surface area contributed by atoms with E-state index in [2.05, 4.69) is 4.98 Å². The molecule has 0 aliphatic rings. The van der Waals surface area contributed by atoms with Crippen LogP contribution < -0.4 is 0 Å². The molecule has 3 nitrogen and oxygen atoms in total. The van der Waals surface area contributed by atoms with Crippen molar-refractivity contribution in [2.45, 2.75) is 19.8 Å². The molecule has 0 atom stereocenters. The van der Waals surface area contributed by atoms with Crippen molar-refractivity contribution in [1.29, 1.82) is 0 Å². The Morgan fingerprint density at radius 2 is 1.81 bits per heavy atom. The molecule has 0 saturated carbocycles. The topological polar surface area (TPSA) is 34.9 Å². The summed E-state index contributed by atoms with van der Waals surface area (Å²) in [5, 5.41) is 0.714. The molecule has 2 aromatic carbocycles. The van der Waals surface area contributed by atoms with Crippen molar-refractivity contribution in [3.8, 4) is 16.9 Å². The monoisotopic (exact) mass is 358 g/mol. The van der Waals surface area contributed by atoms with E-state index in [0.717, 1.165) is 23.1 Å². The number of Topliss-reactive ketones (excluding diaryl/α,β-unsaturated/α-hetero) is 1. The van der Waals surface area contributed by atoms with Gasteiger partial charge in [-0.1, -0.05) is 43.3 Å². The molecule has 0 spiro atoms. The van der Waals surface area contributed by atoms with Gasteiger partial charge in [-0.25, -0.2) is 9.37 Å². The number of aromatic nitrogens is 2. The van der Waals surface area contributed by atoms with Crippen LogP contribution in [0.15, 0.2) is 72.9 Å². The summed E-state index contributed by atoms with van der Waals surface area (Å²) in [5.41, 5.74) is 2.98. The van der Waals surface area contributed by atoms with Crippen molar-refractivity contribution in [2.24, 2.45) is 0 Å². The molecule has 2 aromatic heterocycles. The predicted molar refractivity (Wildman–Crippen MR) is 106 cm³/mol. The molecule has 0 unspecified atom stereocenters. The Hall–Kier alpha value is -3.27. The molecule has 0 saturated heterocycles. The largest absolute Gasteiger partial charge is 0.292 e. The number of nitrogens with zero attached hydrogens (tertiary/aromatic N) is 2. The Kier molecular flexibility index (Phi) is 4.55. The maximum absolute atomic E-state index is 14.1. The molecule has 0 N–H and O–H groups in total. The number of fused-ring (bicyclic) bond motifs is 1. The minimum Gasteiger partial charge on any atom is -0.292 e. The Morgan fingerprint density at radius 1 is 1.04 bits per heavy atom. The second kappa shape index (κ2) is 7.16. The van der Waals surface area contributed by atoms with Crippen LogP contribution in [0.1, 0.15) is 30.3 Å². The van der Waals surface area contributed by atoms with Crippen molar-refractivity contribution in [1.82, 2.24) is 9.55 Å². The van der Waals surface area contributed by atoms with Crippen LogP contribution in [-0.4, -0.2) is 15.3 Å². The fourth-order valence-electron chi connectivity index (χ4n) is 3.49. The van der Waals surface area contributed by atoms with Gasteiger partial charge in [0.15, 0.2) is 5.78 Å². The Labute approximate surface area is 157 Å². The molecule has 4 heteroatoms. The van der Waals surface area contributed by atoms with E-state index in [1.807, 2.05) is 60.0 Å². The van der Waals surface area contributed by atoms with Crippen molar-refractivity contribution < 1.29 is 9.18 Å². The van der Waals surface area contributed by atoms with Crippen LogP contribution in [0.4, 0.5) is 4.39 Å². The zero-order valence-corrected chi connectivity index (χ0v) is 15.0. The number of pyridine rings is 1. The number of rotatable bonds is 5. The van der Waals surface area contributed by atoms with Crippen LogP contribution >= 0.6 is 0 Å².